The van der Waals surface area contributed by atoms with E-state index in [2.05, 4.69) is 0 Å². The fourth-order valence-electron chi connectivity index (χ4n) is 2.99. The van der Waals surface area contributed by atoms with Crippen LogP contribution in [0.3, 0.4) is 0 Å². The number of morpholine rings is 1. The van der Waals surface area contributed by atoms with E-state index >= 15 is 0 Å². The monoisotopic (exact) mass is 421 g/mol. The van der Waals surface area contributed by atoms with E-state index in [0.29, 0.717) is 30.3 Å². The molecular formula is C20H23NO7S. The Morgan fingerprint density at radius 3 is 2.31 bits per heavy atom. The summed E-state index contributed by atoms with van der Waals surface area (Å²) < 4.78 is 48.4. The van der Waals surface area contributed by atoms with E-state index in [0.717, 1.165) is 0 Å². The van der Waals surface area contributed by atoms with Gasteiger partial charge in [-0.3, -0.25) is 4.79 Å². The summed E-state index contributed by atoms with van der Waals surface area (Å²) in [5.41, 5.74) is 0.498. The first kappa shape index (κ1) is 21.1. The Hall–Kier alpha value is -2.62. The van der Waals surface area contributed by atoms with Crippen molar-refractivity contribution in [3.63, 3.8) is 0 Å². The van der Waals surface area contributed by atoms with Crippen LogP contribution in [-0.4, -0.2) is 59.2 Å². The average molecular weight is 421 g/mol. The molecule has 1 aliphatic rings. The van der Waals surface area contributed by atoms with Gasteiger partial charge in [0.05, 0.1) is 33.9 Å². The van der Waals surface area contributed by atoms with Crippen molar-refractivity contribution in [1.82, 2.24) is 4.31 Å². The number of methoxy groups -OCH3 is 2. The van der Waals surface area contributed by atoms with Gasteiger partial charge in [0, 0.05) is 13.1 Å². The van der Waals surface area contributed by atoms with E-state index in [-0.39, 0.29) is 30.2 Å². The minimum Gasteiger partial charge on any atom is -0.495 e. The molecular weight excluding hydrogens is 398 g/mol. The maximum atomic E-state index is 13.0. The van der Waals surface area contributed by atoms with Crippen molar-refractivity contribution in [2.24, 2.45) is 0 Å². The zero-order chi connectivity index (χ0) is 20.9. The second-order valence-corrected chi connectivity index (χ2v) is 8.21. The van der Waals surface area contributed by atoms with E-state index in [1.165, 1.54) is 24.6 Å². The fourth-order valence-corrected chi connectivity index (χ4v) is 4.60. The number of esters is 1. The van der Waals surface area contributed by atoms with Gasteiger partial charge in [0.2, 0.25) is 10.0 Å². The van der Waals surface area contributed by atoms with E-state index in [1.54, 1.807) is 36.4 Å². The topological polar surface area (TPSA) is 91.4 Å². The smallest absolute Gasteiger partial charge is 0.315 e. The number of nitrogens with zero attached hydrogens (tertiary/aromatic N) is 1. The van der Waals surface area contributed by atoms with Gasteiger partial charge in [-0.2, -0.15) is 4.31 Å². The lowest BCUT2D eigenvalue weighted by Crippen LogP contribution is -2.40. The normalized spacial score (nSPS) is 15.0. The summed E-state index contributed by atoms with van der Waals surface area (Å²) in [4.78, 5) is 12.4. The SMILES string of the molecule is COc1ccccc1OC(=O)Cc1ccc(OC)c(S(=O)(=O)N2CCOCC2)c1. The van der Waals surface area contributed by atoms with Crippen LogP contribution < -0.4 is 14.2 Å². The fraction of sp³-hybridized carbons (Fsp3) is 0.350. The molecule has 1 aliphatic heterocycles. The van der Waals surface area contributed by atoms with Gasteiger partial charge in [-0.05, 0) is 29.8 Å². The molecule has 29 heavy (non-hydrogen) atoms. The Labute approximate surface area is 170 Å². The molecule has 0 radical (unpaired) electrons. The Kier molecular flexibility index (Phi) is 6.73. The average Bonchev–Trinajstić information content (AvgIpc) is 2.74. The summed E-state index contributed by atoms with van der Waals surface area (Å²) in [7, 11) is -0.885. The van der Waals surface area contributed by atoms with Crippen LogP contribution in [0.4, 0.5) is 0 Å². The predicted molar refractivity (Wildman–Crippen MR) is 105 cm³/mol. The van der Waals surface area contributed by atoms with Gasteiger partial charge in [-0.1, -0.05) is 18.2 Å². The Bertz CT molecular complexity index is 969. The van der Waals surface area contributed by atoms with Crippen molar-refractivity contribution in [2.45, 2.75) is 11.3 Å². The van der Waals surface area contributed by atoms with Gasteiger partial charge >= 0.3 is 5.97 Å². The molecule has 1 fully saturated rings. The van der Waals surface area contributed by atoms with Gasteiger partial charge in [-0.25, -0.2) is 8.42 Å². The van der Waals surface area contributed by atoms with Crippen LogP contribution in [0.15, 0.2) is 47.4 Å². The Balaban J connectivity index is 1.82. The third-order valence-corrected chi connectivity index (χ3v) is 6.38. The Morgan fingerprint density at radius 1 is 1.00 bits per heavy atom. The van der Waals surface area contributed by atoms with Crippen molar-refractivity contribution < 1.29 is 32.2 Å². The summed E-state index contributed by atoms with van der Waals surface area (Å²) in [6.07, 6.45) is -0.103. The summed E-state index contributed by atoms with van der Waals surface area (Å²) in [6.45, 7) is 1.22. The zero-order valence-corrected chi connectivity index (χ0v) is 17.1. The van der Waals surface area contributed by atoms with Crippen LogP contribution in [0.5, 0.6) is 17.2 Å². The highest BCUT2D eigenvalue weighted by molar-refractivity contribution is 7.89. The molecule has 3 rings (SSSR count). The van der Waals surface area contributed by atoms with Gasteiger partial charge in [0.1, 0.15) is 10.6 Å². The van der Waals surface area contributed by atoms with Crippen LogP contribution >= 0.6 is 0 Å². The number of hydrogen-bond acceptors (Lipinski definition) is 7. The summed E-state index contributed by atoms with van der Waals surface area (Å²) >= 11 is 0. The molecule has 1 heterocycles. The second-order valence-electron chi connectivity index (χ2n) is 6.30. The number of benzene rings is 2. The van der Waals surface area contributed by atoms with Crippen LogP contribution in [0.1, 0.15) is 5.56 Å². The highest BCUT2D eigenvalue weighted by Gasteiger charge is 2.29. The van der Waals surface area contributed by atoms with Crippen LogP contribution in [0.2, 0.25) is 0 Å². The molecule has 2 aromatic rings. The molecule has 156 valence electrons. The van der Waals surface area contributed by atoms with E-state index in [1.807, 2.05) is 0 Å². The van der Waals surface area contributed by atoms with Gasteiger partial charge in [0.25, 0.3) is 0 Å². The first-order valence-electron chi connectivity index (χ1n) is 9.04. The predicted octanol–water partition coefficient (Wildman–Crippen LogP) is 1.87. The molecule has 0 saturated carbocycles. The molecule has 0 aromatic heterocycles. The van der Waals surface area contributed by atoms with Crippen molar-refractivity contribution >= 4 is 16.0 Å². The minimum atomic E-state index is -3.78. The van der Waals surface area contributed by atoms with E-state index in [9.17, 15) is 13.2 Å². The molecule has 0 amide bonds. The standard InChI is InChI=1S/C20H23NO7S/c1-25-16-5-3-4-6-17(16)28-20(22)14-15-7-8-18(26-2)19(13-15)29(23,24)21-9-11-27-12-10-21/h3-8,13H,9-12,14H2,1-2H3. The van der Waals surface area contributed by atoms with Crippen molar-refractivity contribution in [3.8, 4) is 17.2 Å². The second kappa shape index (κ2) is 9.25. The Morgan fingerprint density at radius 2 is 1.66 bits per heavy atom. The zero-order valence-electron chi connectivity index (χ0n) is 16.3. The molecule has 8 nitrogen and oxygen atoms in total. The maximum absolute atomic E-state index is 13.0. The lowest BCUT2D eigenvalue weighted by molar-refractivity contribution is -0.133. The van der Waals surface area contributed by atoms with Crippen LogP contribution in [0.25, 0.3) is 0 Å². The van der Waals surface area contributed by atoms with Crippen LogP contribution in [-0.2, 0) is 26.0 Å². The lowest BCUT2D eigenvalue weighted by atomic mass is 10.1. The largest absolute Gasteiger partial charge is 0.495 e. The molecule has 0 aliphatic carbocycles. The third-order valence-electron chi connectivity index (χ3n) is 4.46. The highest BCUT2D eigenvalue weighted by atomic mass is 32.2. The van der Waals surface area contributed by atoms with Crippen molar-refractivity contribution in [3.05, 3.63) is 48.0 Å². The van der Waals surface area contributed by atoms with Crippen LogP contribution in [0, 0.1) is 0 Å². The molecule has 0 unspecified atom stereocenters. The number of sulfonamides is 1. The molecule has 0 atom stereocenters. The third kappa shape index (κ3) is 4.87. The van der Waals surface area contributed by atoms with Crippen molar-refractivity contribution in [2.75, 3.05) is 40.5 Å². The van der Waals surface area contributed by atoms with E-state index in [4.69, 9.17) is 18.9 Å². The lowest BCUT2D eigenvalue weighted by Gasteiger charge is -2.26. The summed E-state index contributed by atoms with van der Waals surface area (Å²) in [6, 6.07) is 11.4. The number of hydrogen-bond donors (Lipinski definition) is 0. The van der Waals surface area contributed by atoms with E-state index < -0.39 is 16.0 Å². The molecule has 2 aromatic carbocycles. The molecule has 9 heteroatoms. The summed E-state index contributed by atoms with van der Waals surface area (Å²) in [5, 5.41) is 0. The summed E-state index contributed by atoms with van der Waals surface area (Å²) in [5.74, 6) is 0.425. The maximum Gasteiger partial charge on any atom is 0.315 e. The van der Waals surface area contributed by atoms with Gasteiger partial charge in [0.15, 0.2) is 11.5 Å². The number of para-hydroxylation sites is 2. The quantitative estimate of drug-likeness (QED) is 0.498. The molecule has 0 N–H and O–H groups in total. The van der Waals surface area contributed by atoms with Crippen molar-refractivity contribution in [1.29, 1.82) is 0 Å². The first-order chi connectivity index (χ1) is 14.0. The number of carbonyl (C=O) groups excluding carboxylic acids is 1. The molecule has 0 bridgehead atoms. The molecule has 0 spiro atoms. The number of rotatable bonds is 7. The first-order valence-corrected chi connectivity index (χ1v) is 10.5. The molecule has 1 saturated heterocycles. The van der Waals surface area contributed by atoms with Gasteiger partial charge in [-0.15, -0.1) is 0 Å². The minimum absolute atomic E-state index is 0.0180. The highest BCUT2D eigenvalue weighted by Crippen LogP contribution is 2.29. The van der Waals surface area contributed by atoms with Gasteiger partial charge < -0.3 is 18.9 Å². The number of carbonyl (C=O) groups is 1. The number of ether oxygens (including phenoxy) is 4.